The van der Waals surface area contributed by atoms with Gasteiger partial charge in [0.2, 0.25) is 5.89 Å². The van der Waals surface area contributed by atoms with Crippen LogP contribution in [0.4, 0.5) is 5.69 Å². The molecule has 1 saturated heterocycles. The predicted molar refractivity (Wildman–Crippen MR) is 123 cm³/mol. The molecule has 0 amide bonds. The van der Waals surface area contributed by atoms with Crippen LogP contribution in [0.2, 0.25) is 0 Å². The molecule has 1 aliphatic heterocycles. The van der Waals surface area contributed by atoms with Crippen LogP contribution in [-0.2, 0) is 11.3 Å². The van der Waals surface area contributed by atoms with Gasteiger partial charge in [-0.25, -0.2) is 0 Å². The first-order valence-corrected chi connectivity index (χ1v) is 11.5. The molecule has 33 heavy (non-hydrogen) atoms. The van der Waals surface area contributed by atoms with Crippen LogP contribution in [-0.4, -0.2) is 44.2 Å². The number of hydrogen-bond donors (Lipinski definition) is 1. The minimum absolute atomic E-state index is 0.0483. The number of likely N-dealkylation sites (tertiary alicyclic amines) is 1. The zero-order valence-corrected chi connectivity index (χ0v) is 19.1. The molecule has 0 bridgehead atoms. The van der Waals surface area contributed by atoms with Gasteiger partial charge in [-0.1, -0.05) is 43.0 Å². The molecule has 0 spiro atoms. The van der Waals surface area contributed by atoms with Crippen LogP contribution in [0.25, 0.3) is 11.5 Å². The molecule has 1 aliphatic rings. The summed E-state index contributed by atoms with van der Waals surface area (Å²) >= 11 is 1.39. The number of aromatic nitrogens is 2. The van der Waals surface area contributed by atoms with Gasteiger partial charge >= 0.3 is 5.97 Å². The summed E-state index contributed by atoms with van der Waals surface area (Å²) in [4.78, 5) is 23.8. The molecule has 172 valence electrons. The number of aliphatic carboxylic acids is 1. The summed E-state index contributed by atoms with van der Waals surface area (Å²) in [5.41, 5.74) is 3.84. The summed E-state index contributed by atoms with van der Waals surface area (Å²) < 4.78 is 5.91. The van der Waals surface area contributed by atoms with Gasteiger partial charge in [-0.2, -0.15) is 0 Å². The van der Waals surface area contributed by atoms with E-state index in [-0.39, 0.29) is 16.9 Å². The van der Waals surface area contributed by atoms with Gasteiger partial charge in [0.15, 0.2) is 0 Å². The summed E-state index contributed by atoms with van der Waals surface area (Å²) in [6.07, 6.45) is 0.747. The Kier molecular flexibility index (Phi) is 6.75. The highest BCUT2D eigenvalue weighted by atomic mass is 32.2. The number of non-ortho nitro benzene ring substituents is 1. The molecule has 4 rings (SSSR count). The number of nitrogens with zero attached hydrogens (tertiary/aromatic N) is 4. The number of benzene rings is 2. The molecular weight excluding hydrogens is 444 g/mol. The summed E-state index contributed by atoms with van der Waals surface area (Å²) in [5.74, 6) is -0.586. The van der Waals surface area contributed by atoms with E-state index in [0.29, 0.717) is 30.7 Å². The van der Waals surface area contributed by atoms with E-state index in [2.05, 4.69) is 21.2 Å². The second-order valence-electron chi connectivity index (χ2n) is 8.12. The van der Waals surface area contributed by atoms with E-state index in [9.17, 15) is 14.9 Å². The third-order valence-corrected chi connectivity index (χ3v) is 6.96. The number of carboxylic acid groups (broad SMARTS) is 1. The number of nitro benzene ring substituents is 1. The first kappa shape index (κ1) is 22.9. The molecule has 9 nitrogen and oxygen atoms in total. The van der Waals surface area contributed by atoms with E-state index in [0.717, 1.165) is 28.7 Å². The Morgan fingerprint density at radius 2 is 2.09 bits per heavy atom. The normalized spacial score (nSPS) is 15.2. The summed E-state index contributed by atoms with van der Waals surface area (Å²) in [6.45, 7) is 5.84. The van der Waals surface area contributed by atoms with Crippen LogP contribution in [0.5, 0.6) is 0 Å². The average Bonchev–Trinajstić information content (AvgIpc) is 3.22. The maximum Gasteiger partial charge on any atom is 0.309 e. The standard InChI is InChI=1S/C23H24N4O5S/c1-3-20(16-5-4-6-18(10-16)27(30)31)33-23-25-24-21(32-23)19-8-7-15(9-14(19)2)11-26-12-17(13-26)22(28)29/h4-10,17,20H,3,11-13H2,1-2H3,(H,28,29). The van der Waals surface area contributed by atoms with E-state index < -0.39 is 10.9 Å². The Bertz CT molecular complexity index is 1180. The number of thioether (sulfide) groups is 1. The minimum atomic E-state index is -0.737. The molecular formula is C23H24N4O5S. The number of rotatable bonds is 9. The van der Waals surface area contributed by atoms with E-state index in [1.165, 1.54) is 17.8 Å². The Labute approximate surface area is 195 Å². The third kappa shape index (κ3) is 5.23. The molecule has 10 heteroatoms. The first-order valence-electron chi connectivity index (χ1n) is 10.6. The van der Waals surface area contributed by atoms with Crippen molar-refractivity contribution in [1.29, 1.82) is 0 Å². The Hall–Kier alpha value is -3.24. The van der Waals surface area contributed by atoms with Crippen molar-refractivity contribution in [3.05, 3.63) is 69.3 Å². The van der Waals surface area contributed by atoms with Gasteiger partial charge in [0, 0.05) is 42.6 Å². The molecule has 0 radical (unpaired) electrons. The maximum atomic E-state index is 11.1. The monoisotopic (exact) mass is 468 g/mol. The third-order valence-electron chi connectivity index (χ3n) is 5.71. The largest absolute Gasteiger partial charge is 0.481 e. The summed E-state index contributed by atoms with van der Waals surface area (Å²) in [7, 11) is 0. The Morgan fingerprint density at radius 1 is 1.30 bits per heavy atom. The minimum Gasteiger partial charge on any atom is -0.481 e. The van der Waals surface area contributed by atoms with Crippen LogP contribution in [0.15, 0.2) is 52.1 Å². The molecule has 1 aromatic heterocycles. The quantitative estimate of drug-likeness (QED) is 0.270. The van der Waals surface area contributed by atoms with Crippen LogP contribution in [0, 0.1) is 23.0 Å². The van der Waals surface area contributed by atoms with Gasteiger partial charge in [-0.15, -0.1) is 10.2 Å². The second-order valence-corrected chi connectivity index (χ2v) is 9.27. The van der Waals surface area contributed by atoms with Gasteiger partial charge in [0.05, 0.1) is 10.8 Å². The predicted octanol–water partition coefficient (Wildman–Crippen LogP) is 4.71. The number of carbonyl (C=O) groups is 1. The smallest absolute Gasteiger partial charge is 0.309 e. The fourth-order valence-electron chi connectivity index (χ4n) is 3.89. The van der Waals surface area contributed by atoms with Crippen LogP contribution in [0.3, 0.4) is 0 Å². The highest BCUT2D eigenvalue weighted by Crippen LogP contribution is 2.39. The zero-order chi connectivity index (χ0) is 23.5. The highest BCUT2D eigenvalue weighted by molar-refractivity contribution is 7.99. The van der Waals surface area contributed by atoms with Gasteiger partial charge in [0.25, 0.3) is 10.9 Å². The van der Waals surface area contributed by atoms with E-state index in [1.807, 2.05) is 32.0 Å². The van der Waals surface area contributed by atoms with Crippen LogP contribution < -0.4 is 0 Å². The highest BCUT2D eigenvalue weighted by Gasteiger charge is 2.32. The molecule has 3 aromatic rings. The average molecular weight is 469 g/mol. The summed E-state index contributed by atoms with van der Waals surface area (Å²) in [6, 6.07) is 12.6. The van der Waals surface area contributed by atoms with Crippen LogP contribution >= 0.6 is 11.8 Å². The molecule has 2 aromatic carbocycles. The molecule has 2 heterocycles. The topological polar surface area (TPSA) is 123 Å². The number of hydrogen-bond acceptors (Lipinski definition) is 8. The summed E-state index contributed by atoms with van der Waals surface area (Å²) in [5, 5.41) is 28.8. The lowest BCUT2D eigenvalue weighted by Gasteiger charge is -2.36. The lowest BCUT2D eigenvalue weighted by atomic mass is 9.98. The molecule has 0 saturated carbocycles. The lowest BCUT2D eigenvalue weighted by Crippen LogP contribution is -2.49. The Balaban J connectivity index is 1.44. The van der Waals surface area contributed by atoms with Crippen molar-refractivity contribution in [2.45, 2.75) is 37.3 Å². The number of nitro groups is 1. The van der Waals surface area contributed by atoms with Crippen molar-refractivity contribution in [2.75, 3.05) is 13.1 Å². The molecule has 1 unspecified atom stereocenters. The molecule has 1 fully saturated rings. The SMILES string of the molecule is CCC(Sc1nnc(-c2ccc(CN3CC(C(=O)O)C3)cc2C)o1)c1cccc([N+](=O)[O-])c1. The number of aryl methyl sites for hydroxylation is 1. The second kappa shape index (κ2) is 9.72. The van der Waals surface area contributed by atoms with Gasteiger partial charge in [-0.05, 0) is 36.1 Å². The van der Waals surface area contributed by atoms with Crippen molar-refractivity contribution in [2.24, 2.45) is 5.92 Å². The lowest BCUT2D eigenvalue weighted by molar-refractivity contribution is -0.384. The fraction of sp³-hybridized carbons (Fsp3) is 0.348. The van der Waals surface area contributed by atoms with Gasteiger partial charge in [0.1, 0.15) is 0 Å². The van der Waals surface area contributed by atoms with Crippen molar-refractivity contribution >= 4 is 23.4 Å². The molecule has 1 atom stereocenters. The van der Waals surface area contributed by atoms with Crippen molar-refractivity contribution < 1.29 is 19.2 Å². The molecule has 0 aliphatic carbocycles. The van der Waals surface area contributed by atoms with Crippen LogP contribution in [0.1, 0.15) is 35.3 Å². The maximum absolute atomic E-state index is 11.1. The zero-order valence-electron chi connectivity index (χ0n) is 18.3. The fourth-order valence-corrected chi connectivity index (χ4v) is 4.80. The first-order chi connectivity index (χ1) is 15.8. The van der Waals surface area contributed by atoms with Crippen molar-refractivity contribution in [3.8, 4) is 11.5 Å². The van der Waals surface area contributed by atoms with Crippen molar-refractivity contribution in [3.63, 3.8) is 0 Å². The number of carboxylic acids is 1. The molecule has 1 N–H and O–H groups in total. The van der Waals surface area contributed by atoms with E-state index in [4.69, 9.17) is 9.52 Å². The van der Waals surface area contributed by atoms with E-state index >= 15 is 0 Å². The van der Waals surface area contributed by atoms with Crippen molar-refractivity contribution in [1.82, 2.24) is 15.1 Å². The van der Waals surface area contributed by atoms with E-state index in [1.54, 1.807) is 12.1 Å². The van der Waals surface area contributed by atoms with Gasteiger partial charge < -0.3 is 9.52 Å². The van der Waals surface area contributed by atoms with Gasteiger partial charge in [-0.3, -0.25) is 19.8 Å². The Morgan fingerprint density at radius 3 is 2.76 bits per heavy atom.